The van der Waals surface area contributed by atoms with E-state index in [1.54, 1.807) is 18.2 Å². The fourth-order valence-corrected chi connectivity index (χ4v) is 3.05. The first-order chi connectivity index (χ1) is 9.56. The Balaban J connectivity index is 1.87. The number of carbonyl (C=O) groups is 1. The van der Waals surface area contributed by atoms with Crippen LogP contribution in [0.4, 0.5) is 5.69 Å². The molecule has 0 aromatic heterocycles. The van der Waals surface area contributed by atoms with E-state index in [9.17, 15) is 4.79 Å². The first-order valence-corrected chi connectivity index (χ1v) is 7.70. The van der Waals surface area contributed by atoms with Crippen LogP contribution >= 0.6 is 11.6 Å². The standard InChI is InChI=1S/C16H22ClNO2/c1-11-2-4-12(5-3-11)8-9-18-15-10-13(17)6-7-14(15)16(19)20/h6-7,10-12,18H,2-5,8-9H2,1H3,(H,19,20). The molecule has 0 unspecified atom stereocenters. The first kappa shape index (κ1) is 15.2. The lowest BCUT2D eigenvalue weighted by atomic mass is 9.81. The van der Waals surface area contributed by atoms with Crippen molar-refractivity contribution in [2.75, 3.05) is 11.9 Å². The molecule has 1 aromatic carbocycles. The smallest absolute Gasteiger partial charge is 0.337 e. The summed E-state index contributed by atoms with van der Waals surface area (Å²) in [6.07, 6.45) is 6.33. The second-order valence-electron chi connectivity index (χ2n) is 5.84. The van der Waals surface area contributed by atoms with Crippen LogP contribution in [0.3, 0.4) is 0 Å². The maximum atomic E-state index is 11.2. The molecule has 1 aliphatic rings. The minimum absolute atomic E-state index is 0.284. The van der Waals surface area contributed by atoms with Gasteiger partial charge in [0.25, 0.3) is 0 Å². The Bertz CT molecular complexity index is 468. The molecule has 0 heterocycles. The van der Waals surface area contributed by atoms with Crippen LogP contribution in [-0.2, 0) is 0 Å². The summed E-state index contributed by atoms with van der Waals surface area (Å²) in [5, 5.41) is 12.9. The van der Waals surface area contributed by atoms with E-state index in [-0.39, 0.29) is 5.56 Å². The average Bonchev–Trinajstić information content (AvgIpc) is 2.41. The van der Waals surface area contributed by atoms with Crippen LogP contribution in [-0.4, -0.2) is 17.6 Å². The normalized spacial score (nSPS) is 22.5. The number of aromatic carboxylic acids is 1. The van der Waals surface area contributed by atoms with Gasteiger partial charge in [-0.3, -0.25) is 0 Å². The van der Waals surface area contributed by atoms with Crippen LogP contribution in [0.2, 0.25) is 5.02 Å². The van der Waals surface area contributed by atoms with E-state index in [4.69, 9.17) is 16.7 Å². The third kappa shape index (κ3) is 4.14. The number of rotatable bonds is 5. The van der Waals surface area contributed by atoms with Crippen LogP contribution in [0.5, 0.6) is 0 Å². The zero-order valence-electron chi connectivity index (χ0n) is 11.9. The molecule has 20 heavy (non-hydrogen) atoms. The third-order valence-electron chi connectivity index (χ3n) is 4.22. The zero-order chi connectivity index (χ0) is 14.5. The van der Waals surface area contributed by atoms with Crippen molar-refractivity contribution in [1.82, 2.24) is 0 Å². The fourth-order valence-electron chi connectivity index (χ4n) is 2.88. The van der Waals surface area contributed by atoms with Gasteiger partial charge < -0.3 is 10.4 Å². The van der Waals surface area contributed by atoms with Crippen LogP contribution < -0.4 is 5.32 Å². The van der Waals surface area contributed by atoms with Crippen molar-refractivity contribution in [3.05, 3.63) is 28.8 Å². The Kier molecular flexibility index (Phi) is 5.30. The summed E-state index contributed by atoms with van der Waals surface area (Å²) in [6, 6.07) is 4.85. The Hall–Kier alpha value is -1.22. The number of anilines is 1. The van der Waals surface area contributed by atoms with Gasteiger partial charge >= 0.3 is 5.97 Å². The van der Waals surface area contributed by atoms with Crippen molar-refractivity contribution < 1.29 is 9.90 Å². The summed E-state index contributed by atoms with van der Waals surface area (Å²) >= 11 is 5.93. The van der Waals surface area contributed by atoms with Crippen molar-refractivity contribution in [2.45, 2.75) is 39.0 Å². The lowest BCUT2D eigenvalue weighted by molar-refractivity contribution is 0.0698. The molecule has 0 spiro atoms. The second kappa shape index (κ2) is 6.98. The highest BCUT2D eigenvalue weighted by molar-refractivity contribution is 6.31. The summed E-state index contributed by atoms with van der Waals surface area (Å²) in [6.45, 7) is 3.12. The van der Waals surface area contributed by atoms with E-state index < -0.39 is 5.97 Å². The summed E-state index contributed by atoms with van der Waals surface area (Å²) in [5.74, 6) is 0.715. The molecular weight excluding hydrogens is 274 g/mol. The van der Waals surface area contributed by atoms with E-state index in [0.717, 1.165) is 24.8 Å². The number of benzene rings is 1. The fraction of sp³-hybridized carbons (Fsp3) is 0.562. The van der Waals surface area contributed by atoms with Gasteiger partial charge in [-0.05, 0) is 36.5 Å². The van der Waals surface area contributed by atoms with Gasteiger partial charge in [-0.15, -0.1) is 0 Å². The zero-order valence-corrected chi connectivity index (χ0v) is 12.6. The van der Waals surface area contributed by atoms with Crippen LogP contribution in [0, 0.1) is 11.8 Å². The predicted octanol–water partition coefficient (Wildman–Crippen LogP) is 4.67. The lowest BCUT2D eigenvalue weighted by Crippen LogP contribution is -2.16. The van der Waals surface area contributed by atoms with E-state index in [1.165, 1.54) is 25.7 Å². The topological polar surface area (TPSA) is 49.3 Å². The number of nitrogens with one attached hydrogen (secondary N) is 1. The highest BCUT2D eigenvalue weighted by Crippen LogP contribution is 2.30. The van der Waals surface area contributed by atoms with Crippen molar-refractivity contribution >= 4 is 23.3 Å². The number of hydrogen-bond donors (Lipinski definition) is 2. The maximum Gasteiger partial charge on any atom is 0.337 e. The predicted molar refractivity (Wildman–Crippen MR) is 82.6 cm³/mol. The van der Waals surface area contributed by atoms with Gasteiger partial charge in [0.15, 0.2) is 0 Å². The quantitative estimate of drug-likeness (QED) is 0.830. The second-order valence-corrected chi connectivity index (χ2v) is 6.27. The van der Waals surface area contributed by atoms with Gasteiger partial charge in [-0.25, -0.2) is 4.79 Å². The Morgan fingerprint density at radius 2 is 2.05 bits per heavy atom. The number of carboxylic acid groups (broad SMARTS) is 1. The third-order valence-corrected chi connectivity index (χ3v) is 4.45. The Morgan fingerprint density at radius 3 is 2.70 bits per heavy atom. The Morgan fingerprint density at radius 1 is 1.35 bits per heavy atom. The molecule has 1 aromatic rings. The molecule has 2 rings (SSSR count). The summed E-state index contributed by atoms with van der Waals surface area (Å²) in [5.41, 5.74) is 0.904. The van der Waals surface area contributed by atoms with Crippen LogP contribution in [0.1, 0.15) is 49.4 Å². The SMILES string of the molecule is CC1CCC(CCNc2cc(Cl)ccc2C(=O)O)CC1. The first-order valence-electron chi connectivity index (χ1n) is 7.33. The average molecular weight is 296 g/mol. The van der Waals surface area contributed by atoms with Crippen LogP contribution in [0.25, 0.3) is 0 Å². The monoisotopic (exact) mass is 295 g/mol. The molecule has 0 radical (unpaired) electrons. The van der Waals surface area contributed by atoms with Gasteiger partial charge in [-0.2, -0.15) is 0 Å². The molecule has 110 valence electrons. The molecule has 3 nitrogen and oxygen atoms in total. The molecule has 0 amide bonds. The van der Waals surface area contributed by atoms with Gasteiger partial charge in [0, 0.05) is 11.6 Å². The van der Waals surface area contributed by atoms with E-state index >= 15 is 0 Å². The number of hydrogen-bond acceptors (Lipinski definition) is 2. The van der Waals surface area contributed by atoms with Gasteiger partial charge in [0.05, 0.1) is 11.3 Å². The molecule has 1 aliphatic carbocycles. The van der Waals surface area contributed by atoms with E-state index in [0.29, 0.717) is 10.7 Å². The van der Waals surface area contributed by atoms with Crippen molar-refractivity contribution in [3.63, 3.8) is 0 Å². The summed E-state index contributed by atoms with van der Waals surface area (Å²) in [4.78, 5) is 11.2. The minimum Gasteiger partial charge on any atom is -0.478 e. The molecule has 0 saturated heterocycles. The number of halogens is 1. The minimum atomic E-state index is -0.921. The molecular formula is C16H22ClNO2. The molecule has 0 aliphatic heterocycles. The summed E-state index contributed by atoms with van der Waals surface area (Å²) < 4.78 is 0. The van der Waals surface area contributed by atoms with Crippen molar-refractivity contribution in [1.29, 1.82) is 0 Å². The van der Waals surface area contributed by atoms with Gasteiger partial charge in [0.1, 0.15) is 0 Å². The van der Waals surface area contributed by atoms with Crippen molar-refractivity contribution in [2.24, 2.45) is 11.8 Å². The van der Waals surface area contributed by atoms with Gasteiger partial charge in [0.2, 0.25) is 0 Å². The maximum absolute atomic E-state index is 11.2. The Labute approximate surface area is 125 Å². The highest BCUT2D eigenvalue weighted by atomic mass is 35.5. The molecule has 0 atom stereocenters. The molecule has 1 saturated carbocycles. The van der Waals surface area contributed by atoms with Crippen LogP contribution in [0.15, 0.2) is 18.2 Å². The largest absolute Gasteiger partial charge is 0.478 e. The van der Waals surface area contributed by atoms with E-state index in [2.05, 4.69) is 12.2 Å². The van der Waals surface area contributed by atoms with Gasteiger partial charge in [-0.1, -0.05) is 44.2 Å². The highest BCUT2D eigenvalue weighted by Gasteiger charge is 2.18. The molecule has 2 N–H and O–H groups in total. The van der Waals surface area contributed by atoms with Crippen molar-refractivity contribution in [3.8, 4) is 0 Å². The molecule has 4 heteroatoms. The number of carboxylic acids is 1. The molecule has 0 bridgehead atoms. The lowest BCUT2D eigenvalue weighted by Gasteiger charge is -2.26. The molecule has 1 fully saturated rings. The van der Waals surface area contributed by atoms with E-state index in [1.807, 2.05) is 0 Å². The summed E-state index contributed by atoms with van der Waals surface area (Å²) in [7, 11) is 0.